The number of carboxylic acids is 1. The summed E-state index contributed by atoms with van der Waals surface area (Å²) in [5, 5.41) is 14.4. The van der Waals surface area contributed by atoms with Crippen LogP contribution in [0.5, 0.6) is 0 Å². The molecule has 0 saturated carbocycles. The van der Waals surface area contributed by atoms with Gasteiger partial charge in [-0.3, -0.25) is 14.5 Å². The number of benzene rings is 2. The number of alkyl carbamates (subject to hydrolysis) is 1. The van der Waals surface area contributed by atoms with Crippen molar-refractivity contribution in [3.63, 3.8) is 0 Å². The van der Waals surface area contributed by atoms with Gasteiger partial charge in [-0.1, -0.05) is 60.7 Å². The summed E-state index contributed by atoms with van der Waals surface area (Å²) < 4.78 is 5.52. The van der Waals surface area contributed by atoms with Crippen LogP contribution < -0.4 is 10.6 Å². The van der Waals surface area contributed by atoms with Gasteiger partial charge in [0.1, 0.15) is 12.6 Å². The lowest BCUT2D eigenvalue weighted by atomic mass is 9.98. The SMILES string of the molecule is O=C(O)CCC(NC(=O)OCC1c2ccccc2-c2ccccc21)C(=O)NCCN1CC=CC1. The molecule has 0 radical (unpaired) electrons. The zero-order valence-corrected chi connectivity index (χ0v) is 18.9. The molecule has 2 aromatic carbocycles. The molecule has 178 valence electrons. The molecule has 34 heavy (non-hydrogen) atoms. The van der Waals surface area contributed by atoms with Crippen molar-refractivity contribution < 1.29 is 24.2 Å². The molecule has 1 heterocycles. The van der Waals surface area contributed by atoms with Gasteiger partial charge in [-0.25, -0.2) is 4.79 Å². The van der Waals surface area contributed by atoms with Crippen LogP contribution in [0.1, 0.15) is 29.9 Å². The van der Waals surface area contributed by atoms with E-state index in [0.717, 1.165) is 35.3 Å². The Morgan fingerprint density at radius 1 is 1.00 bits per heavy atom. The fourth-order valence-electron chi connectivity index (χ4n) is 4.48. The second-order valence-corrected chi connectivity index (χ2v) is 8.48. The van der Waals surface area contributed by atoms with Crippen LogP contribution in [-0.2, 0) is 14.3 Å². The Morgan fingerprint density at radius 3 is 2.24 bits per heavy atom. The average molecular weight is 464 g/mol. The van der Waals surface area contributed by atoms with Crippen molar-refractivity contribution in [2.45, 2.75) is 24.8 Å². The van der Waals surface area contributed by atoms with Gasteiger partial charge >= 0.3 is 12.1 Å². The maximum absolute atomic E-state index is 12.6. The summed E-state index contributed by atoms with van der Waals surface area (Å²) in [6.07, 6.45) is 3.14. The molecule has 0 spiro atoms. The lowest BCUT2D eigenvalue weighted by molar-refractivity contribution is -0.137. The third-order valence-electron chi connectivity index (χ3n) is 6.22. The predicted octanol–water partition coefficient (Wildman–Crippen LogP) is 2.75. The van der Waals surface area contributed by atoms with Crippen molar-refractivity contribution >= 4 is 18.0 Å². The first-order valence-electron chi connectivity index (χ1n) is 11.5. The van der Waals surface area contributed by atoms with Crippen molar-refractivity contribution in [2.75, 3.05) is 32.8 Å². The van der Waals surface area contributed by atoms with Crippen molar-refractivity contribution in [1.82, 2.24) is 15.5 Å². The Balaban J connectivity index is 1.34. The first-order valence-corrected chi connectivity index (χ1v) is 11.5. The number of carbonyl (C=O) groups excluding carboxylic acids is 2. The Morgan fingerprint density at radius 2 is 1.62 bits per heavy atom. The summed E-state index contributed by atoms with van der Waals surface area (Å²) in [7, 11) is 0. The molecule has 1 atom stereocenters. The highest BCUT2D eigenvalue weighted by Gasteiger charge is 2.30. The van der Waals surface area contributed by atoms with Gasteiger partial charge in [0, 0.05) is 38.5 Å². The lowest BCUT2D eigenvalue weighted by Crippen LogP contribution is -2.48. The van der Waals surface area contributed by atoms with E-state index in [4.69, 9.17) is 9.84 Å². The van der Waals surface area contributed by atoms with Crippen LogP contribution >= 0.6 is 0 Å². The van der Waals surface area contributed by atoms with E-state index in [-0.39, 0.29) is 25.4 Å². The molecular weight excluding hydrogens is 434 g/mol. The molecular formula is C26H29N3O5. The summed E-state index contributed by atoms with van der Waals surface area (Å²) >= 11 is 0. The maximum Gasteiger partial charge on any atom is 0.407 e. The third kappa shape index (κ3) is 5.63. The van der Waals surface area contributed by atoms with Crippen LogP contribution in [0, 0.1) is 0 Å². The number of carboxylic acid groups (broad SMARTS) is 1. The summed E-state index contributed by atoms with van der Waals surface area (Å²) in [4.78, 5) is 38.4. The zero-order chi connectivity index (χ0) is 23.9. The summed E-state index contributed by atoms with van der Waals surface area (Å²) in [6, 6.07) is 15.1. The van der Waals surface area contributed by atoms with E-state index in [0.29, 0.717) is 13.1 Å². The Hall–Kier alpha value is -3.65. The number of carbonyl (C=O) groups is 3. The standard InChI is InChI=1S/C26H29N3O5/c30-24(31)12-11-23(25(32)27-13-16-29-14-5-6-15-29)28-26(33)34-17-22-20-9-3-1-7-18(20)19-8-2-4-10-21(19)22/h1-10,22-23H,11-17H2,(H,27,32)(H,28,33)(H,30,31). The van der Waals surface area contributed by atoms with E-state index in [2.05, 4.69) is 39.8 Å². The second-order valence-electron chi connectivity index (χ2n) is 8.48. The highest BCUT2D eigenvalue weighted by atomic mass is 16.5. The van der Waals surface area contributed by atoms with Crippen LogP contribution in [-0.4, -0.2) is 66.8 Å². The largest absolute Gasteiger partial charge is 0.481 e. The monoisotopic (exact) mass is 463 g/mol. The average Bonchev–Trinajstić information content (AvgIpc) is 3.46. The summed E-state index contributed by atoms with van der Waals surface area (Å²) in [5.74, 6) is -1.55. The number of nitrogens with zero attached hydrogens (tertiary/aromatic N) is 1. The molecule has 3 N–H and O–H groups in total. The molecule has 0 aromatic heterocycles. The number of rotatable bonds is 10. The Bertz CT molecular complexity index is 1030. The van der Waals surface area contributed by atoms with Gasteiger partial charge in [-0.05, 0) is 28.7 Å². The third-order valence-corrected chi connectivity index (χ3v) is 6.22. The minimum absolute atomic E-state index is 0.0172. The molecule has 4 rings (SSSR count). The van der Waals surface area contributed by atoms with Gasteiger partial charge in [0.25, 0.3) is 0 Å². The highest BCUT2D eigenvalue weighted by Crippen LogP contribution is 2.44. The molecule has 0 fully saturated rings. The molecule has 8 nitrogen and oxygen atoms in total. The number of fused-ring (bicyclic) bond motifs is 3. The summed E-state index contributed by atoms with van der Waals surface area (Å²) in [5.41, 5.74) is 4.43. The van der Waals surface area contributed by atoms with E-state index in [9.17, 15) is 14.4 Å². The topological polar surface area (TPSA) is 108 Å². The lowest BCUT2D eigenvalue weighted by Gasteiger charge is -2.20. The number of hydrogen-bond donors (Lipinski definition) is 3. The second kappa shape index (κ2) is 11.0. The first-order chi connectivity index (χ1) is 16.5. The Labute approximate surface area is 198 Å². The van der Waals surface area contributed by atoms with Crippen LogP contribution in [0.4, 0.5) is 4.79 Å². The van der Waals surface area contributed by atoms with E-state index in [1.54, 1.807) is 0 Å². The number of nitrogens with one attached hydrogen (secondary N) is 2. The molecule has 2 aliphatic rings. The van der Waals surface area contributed by atoms with Crippen molar-refractivity contribution in [1.29, 1.82) is 0 Å². The van der Waals surface area contributed by atoms with Gasteiger partial charge in [-0.2, -0.15) is 0 Å². The smallest absolute Gasteiger partial charge is 0.407 e. The van der Waals surface area contributed by atoms with E-state index < -0.39 is 24.0 Å². The van der Waals surface area contributed by atoms with Crippen LogP contribution in [0.3, 0.4) is 0 Å². The van der Waals surface area contributed by atoms with Gasteiger partial charge in [0.05, 0.1) is 0 Å². The molecule has 1 unspecified atom stereocenters. The van der Waals surface area contributed by atoms with Gasteiger partial charge in [0.15, 0.2) is 0 Å². The quantitative estimate of drug-likeness (QED) is 0.468. The molecule has 0 bridgehead atoms. The molecule has 2 aromatic rings. The molecule has 1 aliphatic carbocycles. The maximum atomic E-state index is 12.6. The minimum Gasteiger partial charge on any atom is -0.481 e. The van der Waals surface area contributed by atoms with E-state index >= 15 is 0 Å². The zero-order valence-electron chi connectivity index (χ0n) is 18.9. The molecule has 2 amide bonds. The first kappa shape index (κ1) is 23.5. The highest BCUT2D eigenvalue weighted by molar-refractivity contribution is 5.86. The minimum atomic E-state index is -1.03. The van der Waals surface area contributed by atoms with Crippen LogP contribution in [0.15, 0.2) is 60.7 Å². The number of ether oxygens (including phenoxy) is 1. The van der Waals surface area contributed by atoms with Crippen molar-refractivity contribution in [3.05, 3.63) is 71.8 Å². The van der Waals surface area contributed by atoms with E-state index in [1.165, 1.54) is 0 Å². The number of hydrogen-bond acceptors (Lipinski definition) is 5. The van der Waals surface area contributed by atoms with Crippen molar-refractivity contribution in [2.24, 2.45) is 0 Å². The van der Waals surface area contributed by atoms with Gasteiger partial charge in [-0.15, -0.1) is 0 Å². The van der Waals surface area contributed by atoms with Crippen molar-refractivity contribution in [3.8, 4) is 11.1 Å². The van der Waals surface area contributed by atoms with Gasteiger partial charge in [0.2, 0.25) is 5.91 Å². The van der Waals surface area contributed by atoms with Crippen LogP contribution in [0.25, 0.3) is 11.1 Å². The number of aliphatic carboxylic acids is 1. The van der Waals surface area contributed by atoms with E-state index in [1.807, 2.05) is 36.4 Å². The molecule has 8 heteroatoms. The normalized spacial score (nSPS) is 15.4. The summed E-state index contributed by atoms with van der Waals surface area (Å²) in [6.45, 7) is 2.90. The Kier molecular flexibility index (Phi) is 7.59. The fourth-order valence-corrected chi connectivity index (χ4v) is 4.48. The fraction of sp³-hybridized carbons (Fsp3) is 0.346. The van der Waals surface area contributed by atoms with Crippen LogP contribution in [0.2, 0.25) is 0 Å². The molecule has 1 aliphatic heterocycles. The van der Waals surface area contributed by atoms with Gasteiger partial charge < -0.3 is 20.5 Å². The predicted molar refractivity (Wildman–Crippen MR) is 127 cm³/mol. The molecule has 0 saturated heterocycles. The number of amides is 2.